The fourth-order valence-corrected chi connectivity index (χ4v) is 4.60. The van der Waals surface area contributed by atoms with Crippen molar-refractivity contribution in [1.82, 2.24) is 9.88 Å². The van der Waals surface area contributed by atoms with Crippen LogP contribution in [0.1, 0.15) is 43.7 Å². The number of hydrogen-bond acceptors (Lipinski definition) is 3. The van der Waals surface area contributed by atoms with Gasteiger partial charge < -0.3 is 4.74 Å². The average molecular weight is 344 g/mol. The summed E-state index contributed by atoms with van der Waals surface area (Å²) in [6.45, 7) is 1.26. The van der Waals surface area contributed by atoms with E-state index in [1.165, 1.54) is 44.2 Å². The molecule has 3 aromatic rings. The maximum Gasteiger partial charge on any atom is 0.219 e. The second kappa shape index (κ2) is 6.73. The number of nitrogens with zero attached hydrogens (tertiary/aromatic N) is 2. The number of pyridine rings is 1. The molecule has 3 heteroatoms. The molecule has 5 rings (SSSR count). The lowest BCUT2D eigenvalue weighted by molar-refractivity contribution is 0.150. The molecule has 2 aromatic carbocycles. The molecule has 26 heavy (non-hydrogen) atoms. The van der Waals surface area contributed by atoms with Crippen molar-refractivity contribution in [3.8, 4) is 11.6 Å². The molecule has 2 fully saturated rings. The molecule has 0 spiro atoms. The fraction of sp³-hybridized carbons (Fsp3) is 0.348. The van der Waals surface area contributed by atoms with Crippen LogP contribution in [-0.4, -0.2) is 22.5 Å². The number of rotatable bonds is 3. The molecule has 0 aliphatic carbocycles. The summed E-state index contributed by atoms with van der Waals surface area (Å²) in [5.41, 5.74) is 2.39. The molecule has 2 unspecified atom stereocenters. The lowest BCUT2D eigenvalue weighted by Crippen LogP contribution is -2.35. The molecule has 0 amide bonds. The monoisotopic (exact) mass is 344 g/mol. The predicted octanol–water partition coefficient (Wildman–Crippen LogP) is 5.72. The third-order valence-electron chi connectivity index (χ3n) is 5.91. The van der Waals surface area contributed by atoms with Gasteiger partial charge in [0.2, 0.25) is 5.88 Å². The molecular formula is C23H24N2O. The summed E-state index contributed by atoms with van der Waals surface area (Å²) in [6.07, 6.45) is 6.77. The van der Waals surface area contributed by atoms with Crippen molar-refractivity contribution in [3.05, 3.63) is 66.2 Å². The largest absolute Gasteiger partial charge is 0.439 e. The summed E-state index contributed by atoms with van der Waals surface area (Å²) < 4.78 is 5.99. The van der Waals surface area contributed by atoms with Gasteiger partial charge in [-0.1, -0.05) is 36.8 Å². The van der Waals surface area contributed by atoms with Crippen molar-refractivity contribution in [2.45, 2.75) is 44.2 Å². The number of benzene rings is 2. The summed E-state index contributed by atoms with van der Waals surface area (Å²) in [4.78, 5) is 7.32. The molecule has 2 saturated heterocycles. The zero-order valence-corrected chi connectivity index (χ0v) is 15.0. The molecule has 1 aromatic heterocycles. The van der Waals surface area contributed by atoms with Crippen LogP contribution in [0, 0.1) is 0 Å². The summed E-state index contributed by atoms with van der Waals surface area (Å²) in [7, 11) is 0. The quantitative estimate of drug-likeness (QED) is 0.608. The second-order valence-corrected chi connectivity index (χ2v) is 7.49. The van der Waals surface area contributed by atoms with Crippen LogP contribution < -0.4 is 4.74 Å². The Hall–Kier alpha value is -2.39. The van der Waals surface area contributed by atoms with Gasteiger partial charge in [-0.2, -0.15) is 0 Å². The molecule has 132 valence electrons. The van der Waals surface area contributed by atoms with Gasteiger partial charge >= 0.3 is 0 Å². The Kier molecular flexibility index (Phi) is 4.10. The van der Waals surface area contributed by atoms with Crippen LogP contribution in [0.15, 0.2) is 60.7 Å². The van der Waals surface area contributed by atoms with Crippen molar-refractivity contribution in [3.63, 3.8) is 0 Å². The van der Waals surface area contributed by atoms with Crippen molar-refractivity contribution in [2.24, 2.45) is 0 Å². The molecule has 2 aliphatic heterocycles. The first-order valence-corrected chi connectivity index (χ1v) is 9.76. The average Bonchev–Trinajstić information content (AvgIpc) is 3.13. The Balaban J connectivity index is 1.33. The van der Waals surface area contributed by atoms with E-state index in [2.05, 4.69) is 46.3 Å². The van der Waals surface area contributed by atoms with Gasteiger partial charge in [-0.3, -0.25) is 4.90 Å². The van der Waals surface area contributed by atoms with E-state index in [0.29, 0.717) is 11.9 Å². The third-order valence-corrected chi connectivity index (χ3v) is 5.91. The minimum atomic E-state index is 0.591. The number of aromatic nitrogens is 1. The number of fused-ring (bicyclic) bond motifs is 2. The Morgan fingerprint density at radius 3 is 2.65 bits per heavy atom. The molecule has 0 bridgehead atoms. The van der Waals surface area contributed by atoms with Gasteiger partial charge in [-0.25, -0.2) is 4.98 Å². The van der Waals surface area contributed by atoms with Gasteiger partial charge in [0.1, 0.15) is 5.75 Å². The highest BCUT2D eigenvalue weighted by Crippen LogP contribution is 2.40. The standard InChI is InChI=1S/C23H24N2O/c1-2-7-21-17(5-1)10-15-23(24-21)26-20-12-8-18(9-13-20)22-14-11-19-6-3-4-16-25(19)22/h1-2,5,7-10,12-13,15,19,22H,3-4,6,11,14,16H2. The third kappa shape index (κ3) is 2.97. The van der Waals surface area contributed by atoms with E-state index >= 15 is 0 Å². The van der Waals surface area contributed by atoms with E-state index in [-0.39, 0.29) is 0 Å². The van der Waals surface area contributed by atoms with Crippen LogP contribution in [0.4, 0.5) is 0 Å². The molecule has 3 heterocycles. The summed E-state index contributed by atoms with van der Waals surface area (Å²) in [5.74, 6) is 1.50. The van der Waals surface area contributed by atoms with Crippen LogP contribution in [0.5, 0.6) is 11.6 Å². The van der Waals surface area contributed by atoms with Crippen LogP contribution in [0.3, 0.4) is 0 Å². The Bertz CT molecular complexity index is 905. The topological polar surface area (TPSA) is 25.4 Å². The molecular weight excluding hydrogens is 320 g/mol. The van der Waals surface area contributed by atoms with E-state index in [4.69, 9.17) is 4.74 Å². The molecule has 0 N–H and O–H groups in total. The highest BCUT2D eigenvalue weighted by Gasteiger charge is 2.35. The number of para-hydroxylation sites is 1. The molecule has 3 nitrogen and oxygen atoms in total. The van der Waals surface area contributed by atoms with Gasteiger partial charge in [-0.15, -0.1) is 0 Å². The first-order chi connectivity index (χ1) is 12.9. The van der Waals surface area contributed by atoms with E-state index in [0.717, 1.165) is 22.7 Å². The fourth-order valence-electron chi connectivity index (χ4n) is 4.60. The van der Waals surface area contributed by atoms with E-state index in [1.54, 1.807) is 0 Å². The van der Waals surface area contributed by atoms with Gasteiger partial charge in [0.05, 0.1) is 5.52 Å². The highest BCUT2D eigenvalue weighted by atomic mass is 16.5. The van der Waals surface area contributed by atoms with Gasteiger partial charge in [-0.05, 0) is 62.1 Å². The van der Waals surface area contributed by atoms with E-state index < -0.39 is 0 Å². The normalized spacial score (nSPS) is 23.1. The van der Waals surface area contributed by atoms with Crippen molar-refractivity contribution in [1.29, 1.82) is 0 Å². The smallest absolute Gasteiger partial charge is 0.219 e. The lowest BCUT2D eigenvalue weighted by atomic mass is 10.0. The van der Waals surface area contributed by atoms with E-state index in [9.17, 15) is 0 Å². The maximum atomic E-state index is 5.99. The van der Waals surface area contributed by atoms with E-state index in [1.807, 2.05) is 24.3 Å². The Labute approximate surface area is 154 Å². The van der Waals surface area contributed by atoms with Gasteiger partial charge in [0, 0.05) is 23.5 Å². The van der Waals surface area contributed by atoms with Crippen LogP contribution >= 0.6 is 0 Å². The summed E-state index contributed by atoms with van der Waals surface area (Å²) >= 11 is 0. The van der Waals surface area contributed by atoms with Gasteiger partial charge in [0.25, 0.3) is 0 Å². The zero-order valence-electron chi connectivity index (χ0n) is 15.0. The SMILES string of the molecule is c1ccc2nc(Oc3ccc(C4CCC5CCCCN54)cc3)ccc2c1. The Morgan fingerprint density at radius 1 is 0.846 bits per heavy atom. The summed E-state index contributed by atoms with van der Waals surface area (Å²) in [5, 5.41) is 1.13. The van der Waals surface area contributed by atoms with Crippen LogP contribution in [0.2, 0.25) is 0 Å². The minimum Gasteiger partial charge on any atom is -0.439 e. The second-order valence-electron chi connectivity index (χ2n) is 7.49. The number of hydrogen-bond donors (Lipinski definition) is 0. The predicted molar refractivity (Wildman–Crippen MR) is 105 cm³/mol. The molecule has 0 saturated carbocycles. The first kappa shape index (κ1) is 15.8. The molecule has 2 atom stereocenters. The Morgan fingerprint density at radius 2 is 1.73 bits per heavy atom. The van der Waals surface area contributed by atoms with Crippen molar-refractivity contribution in [2.75, 3.05) is 6.54 Å². The molecule has 2 aliphatic rings. The van der Waals surface area contributed by atoms with Crippen LogP contribution in [0.25, 0.3) is 10.9 Å². The van der Waals surface area contributed by atoms with Crippen molar-refractivity contribution >= 4 is 10.9 Å². The summed E-state index contributed by atoms with van der Waals surface area (Å²) in [6, 6.07) is 22.1. The number of piperidine rings is 1. The lowest BCUT2D eigenvalue weighted by Gasteiger charge is -2.34. The first-order valence-electron chi connectivity index (χ1n) is 9.76. The number of ether oxygens (including phenoxy) is 1. The van der Waals surface area contributed by atoms with Gasteiger partial charge in [0.15, 0.2) is 0 Å². The highest BCUT2D eigenvalue weighted by molar-refractivity contribution is 5.78. The molecule has 0 radical (unpaired) electrons. The zero-order chi connectivity index (χ0) is 17.3. The minimum absolute atomic E-state index is 0.591. The van der Waals surface area contributed by atoms with Crippen LogP contribution in [-0.2, 0) is 0 Å². The van der Waals surface area contributed by atoms with Crippen molar-refractivity contribution < 1.29 is 4.74 Å². The maximum absolute atomic E-state index is 5.99.